The summed E-state index contributed by atoms with van der Waals surface area (Å²) in [6.45, 7) is 0. The number of carbonyl (C=O) groups excluding carboxylic acids is 1. The van der Waals surface area contributed by atoms with E-state index < -0.39 is 0 Å². The first kappa shape index (κ1) is 13.6. The molecule has 0 bridgehead atoms. The van der Waals surface area contributed by atoms with Crippen molar-refractivity contribution in [3.63, 3.8) is 0 Å². The lowest BCUT2D eigenvalue weighted by atomic mass is 10.2. The standard InChI is InChI=1S/C13H10Cl2N2O2/c1-19-11-5-3-2-4-10(11)17-13(18)8-6-9(14)12(15)16-7-8/h2-7H,1H3,(H,17,18). The minimum atomic E-state index is -0.337. The number of anilines is 1. The molecule has 1 amide bonds. The van der Waals surface area contributed by atoms with E-state index in [2.05, 4.69) is 10.3 Å². The molecule has 0 aliphatic carbocycles. The van der Waals surface area contributed by atoms with E-state index >= 15 is 0 Å². The smallest absolute Gasteiger partial charge is 0.257 e. The van der Waals surface area contributed by atoms with Crippen molar-refractivity contribution in [3.05, 3.63) is 52.3 Å². The highest BCUT2D eigenvalue weighted by Crippen LogP contribution is 2.24. The number of ether oxygens (including phenoxy) is 1. The number of hydrogen-bond acceptors (Lipinski definition) is 3. The highest BCUT2D eigenvalue weighted by atomic mass is 35.5. The van der Waals surface area contributed by atoms with Gasteiger partial charge < -0.3 is 10.1 Å². The average molecular weight is 297 g/mol. The van der Waals surface area contributed by atoms with Gasteiger partial charge in [-0.1, -0.05) is 35.3 Å². The lowest BCUT2D eigenvalue weighted by molar-refractivity contribution is 0.102. The minimum Gasteiger partial charge on any atom is -0.495 e. The Morgan fingerprint density at radius 3 is 2.74 bits per heavy atom. The molecule has 0 aliphatic rings. The van der Waals surface area contributed by atoms with Gasteiger partial charge in [0.15, 0.2) is 0 Å². The predicted octanol–water partition coefficient (Wildman–Crippen LogP) is 3.65. The summed E-state index contributed by atoms with van der Waals surface area (Å²) in [4.78, 5) is 15.9. The average Bonchev–Trinajstić information content (AvgIpc) is 2.42. The molecule has 0 unspecified atom stereocenters. The first-order valence-electron chi connectivity index (χ1n) is 5.37. The number of methoxy groups -OCH3 is 1. The van der Waals surface area contributed by atoms with Gasteiger partial charge in [0.2, 0.25) is 0 Å². The number of carbonyl (C=O) groups is 1. The molecule has 0 saturated heterocycles. The summed E-state index contributed by atoms with van der Waals surface area (Å²) in [5, 5.41) is 3.11. The molecule has 0 spiro atoms. The Morgan fingerprint density at radius 1 is 1.32 bits per heavy atom. The maximum Gasteiger partial charge on any atom is 0.257 e. The van der Waals surface area contributed by atoms with Crippen LogP contribution in [-0.4, -0.2) is 18.0 Å². The number of para-hydroxylation sites is 2. The maximum atomic E-state index is 12.0. The third-order valence-corrected chi connectivity index (χ3v) is 3.10. The zero-order valence-electron chi connectivity index (χ0n) is 9.98. The molecule has 0 atom stereocenters. The zero-order chi connectivity index (χ0) is 13.8. The number of amides is 1. The van der Waals surface area contributed by atoms with Crippen LogP contribution in [0, 0.1) is 0 Å². The maximum absolute atomic E-state index is 12.0. The Kier molecular flexibility index (Phi) is 4.24. The third kappa shape index (κ3) is 3.16. The van der Waals surface area contributed by atoms with E-state index in [0.717, 1.165) is 0 Å². The predicted molar refractivity (Wildman–Crippen MR) is 75.2 cm³/mol. The van der Waals surface area contributed by atoms with E-state index in [1.165, 1.54) is 19.4 Å². The van der Waals surface area contributed by atoms with Gasteiger partial charge in [-0.15, -0.1) is 0 Å². The summed E-state index contributed by atoms with van der Waals surface area (Å²) in [5.41, 5.74) is 0.890. The second kappa shape index (κ2) is 5.91. The number of hydrogen-bond donors (Lipinski definition) is 1. The monoisotopic (exact) mass is 296 g/mol. The van der Waals surface area contributed by atoms with Crippen LogP contribution < -0.4 is 10.1 Å². The second-order valence-electron chi connectivity index (χ2n) is 3.65. The van der Waals surface area contributed by atoms with Crippen molar-refractivity contribution < 1.29 is 9.53 Å². The van der Waals surface area contributed by atoms with Gasteiger partial charge in [0.05, 0.1) is 23.4 Å². The van der Waals surface area contributed by atoms with Crippen LogP contribution in [0.15, 0.2) is 36.5 Å². The fourth-order valence-electron chi connectivity index (χ4n) is 1.49. The van der Waals surface area contributed by atoms with Gasteiger partial charge in [0.25, 0.3) is 5.91 Å². The topological polar surface area (TPSA) is 51.2 Å². The molecule has 2 rings (SSSR count). The first-order valence-corrected chi connectivity index (χ1v) is 6.13. The summed E-state index contributed by atoms with van der Waals surface area (Å²) >= 11 is 11.5. The Balaban J connectivity index is 2.23. The molecule has 19 heavy (non-hydrogen) atoms. The molecule has 1 aromatic carbocycles. The molecule has 1 aromatic heterocycles. The van der Waals surface area contributed by atoms with Crippen LogP contribution in [0.5, 0.6) is 5.75 Å². The van der Waals surface area contributed by atoms with Gasteiger partial charge in [0, 0.05) is 6.20 Å². The van der Waals surface area contributed by atoms with Crippen molar-refractivity contribution in [1.82, 2.24) is 4.98 Å². The van der Waals surface area contributed by atoms with E-state index in [-0.39, 0.29) is 16.1 Å². The summed E-state index contributed by atoms with van der Waals surface area (Å²) in [6, 6.07) is 8.56. The molecular formula is C13H10Cl2N2O2. The van der Waals surface area contributed by atoms with Crippen LogP contribution in [0.2, 0.25) is 10.2 Å². The molecule has 0 aliphatic heterocycles. The van der Waals surface area contributed by atoms with E-state index in [1.807, 2.05) is 6.07 Å². The van der Waals surface area contributed by atoms with Gasteiger partial charge in [-0.25, -0.2) is 4.98 Å². The summed E-state index contributed by atoms with van der Waals surface area (Å²) in [6.07, 6.45) is 1.36. The van der Waals surface area contributed by atoms with Gasteiger partial charge in [0.1, 0.15) is 10.9 Å². The lowest BCUT2D eigenvalue weighted by Crippen LogP contribution is -2.13. The van der Waals surface area contributed by atoms with Crippen molar-refractivity contribution in [2.75, 3.05) is 12.4 Å². The lowest BCUT2D eigenvalue weighted by Gasteiger charge is -2.09. The second-order valence-corrected chi connectivity index (χ2v) is 4.42. The molecule has 1 N–H and O–H groups in total. The van der Waals surface area contributed by atoms with E-state index in [4.69, 9.17) is 27.9 Å². The first-order chi connectivity index (χ1) is 9.11. The molecule has 2 aromatic rings. The quantitative estimate of drug-likeness (QED) is 0.880. The fourth-order valence-corrected chi connectivity index (χ4v) is 1.76. The van der Waals surface area contributed by atoms with Crippen LogP contribution in [0.1, 0.15) is 10.4 Å². The number of rotatable bonds is 3. The zero-order valence-corrected chi connectivity index (χ0v) is 11.5. The summed E-state index contributed by atoms with van der Waals surface area (Å²) in [7, 11) is 1.53. The highest BCUT2D eigenvalue weighted by Gasteiger charge is 2.11. The number of nitrogens with one attached hydrogen (secondary N) is 1. The highest BCUT2D eigenvalue weighted by molar-refractivity contribution is 6.41. The SMILES string of the molecule is COc1ccccc1NC(=O)c1cnc(Cl)c(Cl)c1. The molecular weight excluding hydrogens is 287 g/mol. The van der Waals surface area contributed by atoms with E-state index in [9.17, 15) is 4.79 Å². The molecule has 6 heteroatoms. The van der Waals surface area contributed by atoms with Gasteiger partial charge >= 0.3 is 0 Å². The van der Waals surface area contributed by atoms with Crippen LogP contribution in [0.4, 0.5) is 5.69 Å². The fraction of sp³-hybridized carbons (Fsp3) is 0.0769. The number of nitrogens with zero attached hydrogens (tertiary/aromatic N) is 1. The normalized spacial score (nSPS) is 10.1. The van der Waals surface area contributed by atoms with Crippen molar-refractivity contribution in [1.29, 1.82) is 0 Å². The molecule has 0 radical (unpaired) electrons. The van der Waals surface area contributed by atoms with E-state index in [1.54, 1.807) is 18.2 Å². The van der Waals surface area contributed by atoms with Crippen molar-refractivity contribution >= 4 is 34.8 Å². The van der Waals surface area contributed by atoms with Crippen LogP contribution >= 0.6 is 23.2 Å². The summed E-state index contributed by atoms with van der Waals surface area (Å²) < 4.78 is 5.15. The van der Waals surface area contributed by atoms with Crippen molar-refractivity contribution in [2.24, 2.45) is 0 Å². The van der Waals surface area contributed by atoms with Gasteiger partial charge in [-0.3, -0.25) is 4.79 Å². The Morgan fingerprint density at radius 2 is 2.05 bits per heavy atom. The molecule has 1 heterocycles. The third-order valence-electron chi connectivity index (χ3n) is 2.41. The number of pyridine rings is 1. The van der Waals surface area contributed by atoms with Crippen LogP contribution in [0.25, 0.3) is 0 Å². The van der Waals surface area contributed by atoms with Crippen molar-refractivity contribution in [3.8, 4) is 5.75 Å². The number of halogens is 2. The number of aromatic nitrogens is 1. The van der Waals surface area contributed by atoms with Gasteiger partial charge in [-0.2, -0.15) is 0 Å². The largest absolute Gasteiger partial charge is 0.495 e. The van der Waals surface area contributed by atoms with Crippen LogP contribution in [0.3, 0.4) is 0 Å². The summed E-state index contributed by atoms with van der Waals surface area (Å²) in [5.74, 6) is 0.236. The molecule has 4 nitrogen and oxygen atoms in total. The van der Waals surface area contributed by atoms with E-state index in [0.29, 0.717) is 17.0 Å². The van der Waals surface area contributed by atoms with Gasteiger partial charge in [-0.05, 0) is 18.2 Å². The Hall–Kier alpha value is -1.78. The minimum absolute atomic E-state index is 0.163. The molecule has 0 saturated carbocycles. The Bertz CT molecular complexity index is 617. The Labute approximate surface area is 120 Å². The van der Waals surface area contributed by atoms with Crippen molar-refractivity contribution in [2.45, 2.75) is 0 Å². The molecule has 98 valence electrons. The number of benzene rings is 1. The molecule has 0 fully saturated rings. The van der Waals surface area contributed by atoms with Crippen LogP contribution in [-0.2, 0) is 0 Å².